The monoisotopic (exact) mass is 331 g/mol. The molecule has 0 heterocycles. The average molecular weight is 331 g/mol. The van der Waals surface area contributed by atoms with Crippen molar-refractivity contribution in [3.05, 3.63) is 71.5 Å². The van der Waals surface area contributed by atoms with Crippen LogP contribution in [0.4, 0.5) is 4.39 Å². The number of esters is 1. The molecule has 2 atom stereocenters. The summed E-state index contributed by atoms with van der Waals surface area (Å²) in [5.74, 6) is -3.77. The number of carboxylic acid groups (broad SMARTS) is 1. The SMILES string of the molecule is CC(N)(CC(c1ccccc1)c1ccc(F)cc1)OC(=O)C(=O)O. The molecule has 0 amide bonds. The number of ether oxygens (including phenoxy) is 1. The van der Waals surface area contributed by atoms with Crippen molar-refractivity contribution in [1.82, 2.24) is 0 Å². The van der Waals surface area contributed by atoms with Crippen LogP contribution in [0.5, 0.6) is 0 Å². The summed E-state index contributed by atoms with van der Waals surface area (Å²) < 4.78 is 18.1. The third-order valence-electron chi connectivity index (χ3n) is 3.58. The predicted octanol–water partition coefficient (Wildman–Crippen LogP) is 2.65. The zero-order valence-corrected chi connectivity index (χ0v) is 13.1. The van der Waals surface area contributed by atoms with Crippen LogP contribution in [0.2, 0.25) is 0 Å². The molecular formula is C18H18FNO4. The number of nitrogens with two attached hydrogens (primary N) is 1. The number of carbonyl (C=O) groups excluding carboxylic acids is 1. The molecule has 2 unspecified atom stereocenters. The predicted molar refractivity (Wildman–Crippen MR) is 85.6 cm³/mol. The largest absolute Gasteiger partial charge is 0.473 e. The molecule has 5 nitrogen and oxygen atoms in total. The Hall–Kier alpha value is -2.73. The van der Waals surface area contributed by atoms with Crippen LogP contribution in [0.3, 0.4) is 0 Å². The van der Waals surface area contributed by atoms with Crippen LogP contribution in [0.15, 0.2) is 54.6 Å². The van der Waals surface area contributed by atoms with Crippen molar-refractivity contribution in [3.8, 4) is 0 Å². The van der Waals surface area contributed by atoms with Gasteiger partial charge in [0.15, 0.2) is 5.72 Å². The number of benzene rings is 2. The maximum atomic E-state index is 13.2. The van der Waals surface area contributed by atoms with E-state index in [2.05, 4.69) is 0 Å². The summed E-state index contributed by atoms with van der Waals surface area (Å²) in [4.78, 5) is 22.0. The minimum atomic E-state index is -1.70. The molecule has 0 fully saturated rings. The second-order valence-electron chi connectivity index (χ2n) is 5.73. The van der Waals surface area contributed by atoms with Gasteiger partial charge in [-0.25, -0.2) is 14.0 Å². The topological polar surface area (TPSA) is 89.6 Å². The number of hydrogen-bond acceptors (Lipinski definition) is 4. The fraction of sp³-hybridized carbons (Fsp3) is 0.222. The van der Waals surface area contributed by atoms with E-state index in [4.69, 9.17) is 15.6 Å². The van der Waals surface area contributed by atoms with Crippen LogP contribution in [0.1, 0.15) is 30.4 Å². The average Bonchev–Trinajstić information content (AvgIpc) is 2.54. The molecule has 2 rings (SSSR count). The lowest BCUT2D eigenvalue weighted by molar-refractivity contribution is -0.173. The summed E-state index contributed by atoms with van der Waals surface area (Å²) in [6.07, 6.45) is 0.141. The molecule has 0 saturated carbocycles. The highest BCUT2D eigenvalue weighted by atomic mass is 19.1. The highest BCUT2D eigenvalue weighted by Gasteiger charge is 2.31. The van der Waals surface area contributed by atoms with Gasteiger partial charge in [-0.1, -0.05) is 42.5 Å². The van der Waals surface area contributed by atoms with Gasteiger partial charge in [-0.3, -0.25) is 5.73 Å². The van der Waals surface area contributed by atoms with Crippen LogP contribution in [-0.4, -0.2) is 22.8 Å². The molecule has 24 heavy (non-hydrogen) atoms. The standard InChI is InChI=1S/C18H18FNO4/c1-18(20,24-17(23)16(21)22)11-15(12-5-3-2-4-6-12)13-7-9-14(19)10-8-13/h2-10,15H,11,20H2,1H3,(H,21,22). The second kappa shape index (κ2) is 7.23. The van der Waals surface area contributed by atoms with E-state index >= 15 is 0 Å². The normalized spacial score (nSPS) is 14.5. The van der Waals surface area contributed by atoms with Crippen LogP contribution in [-0.2, 0) is 14.3 Å². The van der Waals surface area contributed by atoms with Crippen molar-refractivity contribution in [3.63, 3.8) is 0 Å². The molecule has 0 radical (unpaired) electrons. The minimum absolute atomic E-state index is 0.141. The molecule has 0 aliphatic heterocycles. The van der Waals surface area contributed by atoms with Gasteiger partial charge in [-0.2, -0.15) is 0 Å². The Bertz CT molecular complexity index is 714. The first-order valence-corrected chi connectivity index (χ1v) is 7.34. The molecule has 0 aromatic heterocycles. The molecule has 6 heteroatoms. The van der Waals surface area contributed by atoms with E-state index in [0.29, 0.717) is 0 Å². The van der Waals surface area contributed by atoms with Crippen molar-refractivity contribution in [1.29, 1.82) is 0 Å². The summed E-state index contributed by atoms with van der Waals surface area (Å²) in [7, 11) is 0. The minimum Gasteiger partial charge on any atom is -0.473 e. The van der Waals surface area contributed by atoms with Crippen molar-refractivity contribution >= 4 is 11.9 Å². The Morgan fingerprint density at radius 1 is 1.12 bits per heavy atom. The lowest BCUT2D eigenvalue weighted by Crippen LogP contribution is -2.44. The van der Waals surface area contributed by atoms with Gasteiger partial charge in [0.25, 0.3) is 0 Å². The van der Waals surface area contributed by atoms with E-state index in [0.717, 1.165) is 11.1 Å². The number of halogens is 1. The first kappa shape index (κ1) is 17.6. The fourth-order valence-corrected chi connectivity index (χ4v) is 2.51. The molecule has 0 aliphatic carbocycles. The van der Waals surface area contributed by atoms with E-state index in [9.17, 15) is 14.0 Å². The Morgan fingerprint density at radius 3 is 2.21 bits per heavy atom. The molecule has 0 saturated heterocycles. The fourth-order valence-electron chi connectivity index (χ4n) is 2.51. The summed E-state index contributed by atoms with van der Waals surface area (Å²) in [5, 5.41) is 8.67. The molecule has 0 spiro atoms. The second-order valence-corrected chi connectivity index (χ2v) is 5.73. The van der Waals surface area contributed by atoms with Gasteiger partial charge >= 0.3 is 11.9 Å². The quantitative estimate of drug-likeness (QED) is 0.499. The van der Waals surface area contributed by atoms with Gasteiger partial charge in [0.1, 0.15) is 5.82 Å². The Kier molecular flexibility index (Phi) is 5.31. The van der Waals surface area contributed by atoms with Gasteiger partial charge in [-0.15, -0.1) is 0 Å². The zero-order chi connectivity index (χ0) is 17.7. The first-order valence-electron chi connectivity index (χ1n) is 7.34. The van der Waals surface area contributed by atoms with Crippen LogP contribution in [0.25, 0.3) is 0 Å². The lowest BCUT2D eigenvalue weighted by Gasteiger charge is -2.29. The van der Waals surface area contributed by atoms with Crippen LogP contribution >= 0.6 is 0 Å². The Labute approximate surface area is 138 Å². The van der Waals surface area contributed by atoms with Crippen molar-refractivity contribution in [2.75, 3.05) is 0 Å². The van der Waals surface area contributed by atoms with Gasteiger partial charge in [-0.05, 0) is 30.2 Å². The maximum absolute atomic E-state index is 13.2. The summed E-state index contributed by atoms with van der Waals surface area (Å²) in [5.41, 5.74) is 6.16. The van der Waals surface area contributed by atoms with E-state index in [1.165, 1.54) is 19.1 Å². The highest BCUT2D eigenvalue weighted by molar-refractivity contribution is 6.28. The third-order valence-corrected chi connectivity index (χ3v) is 3.58. The summed E-state index contributed by atoms with van der Waals surface area (Å²) in [6.45, 7) is 1.44. The number of carbonyl (C=O) groups is 2. The smallest absolute Gasteiger partial charge is 0.419 e. The molecule has 2 aromatic carbocycles. The van der Waals surface area contributed by atoms with Gasteiger partial charge in [0.2, 0.25) is 0 Å². The first-order chi connectivity index (χ1) is 11.3. The maximum Gasteiger partial charge on any atom is 0.419 e. The van der Waals surface area contributed by atoms with Crippen LogP contribution in [0, 0.1) is 5.82 Å². The van der Waals surface area contributed by atoms with E-state index in [1.54, 1.807) is 12.1 Å². The highest BCUT2D eigenvalue weighted by Crippen LogP contribution is 2.32. The molecular weight excluding hydrogens is 313 g/mol. The number of aliphatic carboxylic acids is 1. The number of rotatable bonds is 5. The third kappa shape index (κ3) is 4.63. The van der Waals surface area contributed by atoms with Crippen molar-refractivity contribution in [2.45, 2.75) is 25.0 Å². The van der Waals surface area contributed by atoms with Gasteiger partial charge in [0.05, 0.1) is 0 Å². The molecule has 0 aliphatic rings. The molecule has 2 aromatic rings. The zero-order valence-electron chi connectivity index (χ0n) is 13.1. The number of carboxylic acids is 1. The molecule has 3 N–H and O–H groups in total. The van der Waals surface area contributed by atoms with Crippen molar-refractivity contribution < 1.29 is 23.8 Å². The lowest BCUT2D eigenvalue weighted by atomic mass is 9.85. The van der Waals surface area contributed by atoms with E-state index < -0.39 is 17.7 Å². The number of hydrogen-bond donors (Lipinski definition) is 2. The molecule has 0 bridgehead atoms. The Balaban J connectivity index is 2.31. The van der Waals surface area contributed by atoms with Crippen molar-refractivity contribution in [2.24, 2.45) is 5.73 Å². The van der Waals surface area contributed by atoms with Gasteiger partial charge in [0, 0.05) is 12.3 Å². The van der Waals surface area contributed by atoms with Gasteiger partial charge < -0.3 is 9.84 Å². The van der Waals surface area contributed by atoms with Crippen LogP contribution < -0.4 is 5.73 Å². The summed E-state index contributed by atoms with van der Waals surface area (Å²) in [6, 6.07) is 15.2. The Morgan fingerprint density at radius 2 is 1.67 bits per heavy atom. The van der Waals surface area contributed by atoms with E-state index in [1.807, 2.05) is 30.3 Å². The van der Waals surface area contributed by atoms with E-state index in [-0.39, 0.29) is 18.2 Å². The molecule has 126 valence electrons. The summed E-state index contributed by atoms with van der Waals surface area (Å²) >= 11 is 0.